The minimum absolute atomic E-state index is 0.575. The average molecular weight is 352 g/mol. The van der Waals surface area contributed by atoms with Gasteiger partial charge in [-0.3, -0.25) is 9.39 Å². The molecule has 0 radical (unpaired) electrons. The lowest BCUT2D eigenvalue weighted by Gasteiger charge is -2.08. The Morgan fingerprint density at radius 3 is 2.88 bits per heavy atom. The van der Waals surface area contributed by atoms with Gasteiger partial charge in [-0.1, -0.05) is 0 Å². The molecular weight excluding hydrogens is 332 g/mol. The maximum atomic E-state index is 4.45. The van der Waals surface area contributed by atoms with Gasteiger partial charge >= 0.3 is 0 Å². The van der Waals surface area contributed by atoms with Crippen molar-refractivity contribution in [1.82, 2.24) is 19.7 Å². The molecular formula is C18H20N6S. The first-order valence-corrected chi connectivity index (χ1v) is 9.03. The number of aromatic nitrogens is 3. The van der Waals surface area contributed by atoms with Crippen LogP contribution in [-0.2, 0) is 0 Å². The van der Waals surface area contributed by atoms with Crippen LogP contribution in [-0.4, -0.2) is 34.0 Å². The van der Waals surface area contributed by atoms with Gasteiger partial charge in [-0.2, -0.15) is 0 Å². The van der Waals surface area contributed by atoms with Gasteiger partial charge in [-0.15, -0.1) is 11.8 Å². The van der Waals surface area contributed by atoms with Gasteiger partial charge in [0.1, 0.15) is 5.70 Å². The van der Waals surface area contributed by atoms with Gasteiger partial charge < -0.3 is 10.6 Å². The zero-order valence-corrected chi connectivity index (χ0v) is 15.0. The zero-order valence-electron chi connectivity index (χ0n) is 14.2. The van der Waals surface area contributed by atoms with E-state index in [0.717, 1.165) is 22.8 Å². The van der Waals surface area contributed by atoms with Crippen LogP contribution in [0.1, 0.15) is 11.4 Å². The molecule has 25 heavy (non-hydrogen) atoms. The maximum Gasteiger partial charge on any atom is 0.234 e. The summed E-state index contributed by atoms with van der Waals surface area (Å²) >= 11 is 1.73. The first kappa shape index (κ1) is 17.0. The smallest absolute Gasteiger partial charge is 0.234 e. The molecule has 3 rings (SSSR count). The van der Waals surface area contributed by atoms with E-state index in [0.29, 0.717) is 12.4 Å². The van der Waals surface area contributed by atoms with E-state index < -0.39 is 0 Å². The van der Waals surface area contributed by atoms with Crippen molar-refractivity contribution in [3.8, 4) is 0 Å². The van der Waals surface area contributed by atoms with Gasteiger partial charge in [0.15, 0.2) is 0 Å². The van der Waals surface area contributed by atoms with Crippen molar-refractivity contribution in [3.05, 3.63) is 60.3 Å². The van der Waals surface area contributed by atoms with E-state index in [2.05, 4.69) is 62.8 Å². The summed E-state index contributed by atoms with van der Waals surface area (Å²) in [6.45, 7) is 6.19. The number of aryl methyl sites for hydroxylation is 1. The van der Waals surface area contributed by atoms with Gasteiger partial charge in [-0.05, 0) is 50.2 Å². The molecule has 0 saturated carbocycles. The minimum atomic E-state index is 0.575. The number of aliphatic imine (C=N–C) groups is 1. The second-order valence-corrected chi connectivity index (χ2v) is 6.19. The molecule has 128 valence electrons. The van der Waals surface area contributed by atoms with E-state index >= 15 is 0 Å². The fourth-order valence-corrected chi connectivity index (χ4v) is 2.91. The van der Waals surface area contributed by atoms with Crippen LogP contribution in [0.4, 0.5) is 5.69 Å². The number of hydrogen-bond acceptors (Lipinski definition) is 6. The highest BCUT2D eigenvalue weighted by molar-refractivity contribution is 7.98. The number of imidazole rings is 1. The topological polar surface area (TPSA) is 66.6 Å². The van der Waals surface area contributed by atoms with Crippen LogP contribution in [0.5, 0.6) is 0 Å². The quantitative estimate of drug-likeness (QED) is 0.295. The Hall–Kier alpha value is -2.80. The van der Waals surface area contributed by atoms with Crippen LogP contribution in [0, 0.1) is 6.92 Å². The molecule has 0 unspecified atom stereocenters. The third-order valence-corrected chi connectivity index (χ3v) is 4.46. The number of nitrogens with one attached hydrogen (secondary N) is 2. The van der Waals surface area contributed by atoms with E-state index in [9.17, 15) is 0 Å². The van der Waals surface area contributed by atoms with Gasteiger partial charge in [0, 0.05) is 29.2 Å². The Kier molecular flexibility index (Phi) is 5.35. The fourth-order valence-electron chi connectivity index (χ4n) is 2.50. The Morgan fingerprint density at radius 1 is 1.36 bits per heavy atom. The van der Waals surface area contributed by atoms with Gasteiger partial charge in [0.05, 0.1) is 18.1 Å². The first-order chi connectivity index (χ1) is 12.2. The van der Waals surface area contributed by atoms with Crippen LogP contribution in [0.2, 0.25) is 0 Å². The lowest BCUT2D eigenvalue weighted by atomic mass is 10.3. The van der Waals surface area contributed by atoms with Crippen molar-refractivity contribution in [3.63, 3.8) is 0 Å². The molecule has 1 aromatic carbocycles. The van der Waals surface area contributed by atoms with Crippen LogP contribution >= 0.6 is 11.8 Å². The van der Waals surface area contributed by atoms with Gasteiger partial charge in [0.2, 0.25) is 5.78 Å². The van der Waals surface area contributed by atoms with E-state index in [1.165, 1.54) is 4.90 Å². The summed E-state index contributed by atoms with van der Waals surface area (Å²) in [5.74, 6) is 0.650. The summed E-state index contributed by atoms with van der Waals surface area (Å²) in [6, 6.07) is 10.2. The number of rotatable bonds is 7. The van der Waals surface area contributed by atoms with Crippen molar-refractivity contribution < 1.29 is 0 Å². The largest absolute Gasteiger partial charge is 0.372 e. The molecule has 2 aromatic heterocycles. The van der Waals surface area contributed by atoms with Crippen LogP contribution in [0.15, 0.2) is 58.8 Å². The summed E-state index contributed by atoms with van der Waals surface area (Å²) in [5.41, 5.74) is 3.52. The van der Waals surface area contributed by atoms with Gasteiger partial charge in [0.25, 0.3) is 0 Å². The van der Waals surface area contributed by atoms with E-state index in [1.54, 1.807) is 18.0 Å². The summed E-state index contributed by atoms with van der Waals surface area (Å²) in [6.07, 6.45) is 7.54. The molecule has 6 nitrogen and oxygen atoms in total. The SMILES string of the molecule is C=N/C(=C\NCNc1ccc(SC)cc1)c1c(C)nc2ncccn12. The average Bonchev–Trinajstić information content (AvgIpc) is 2.98. The molecule has 0 fully saturated rings. The Morgan fingerprint density at radius 2 is 2.16 bits per heavy atom. The molecule has 0 bridgehead atoms. The molecule has 0 aliphatic heterocycles. The van der Waals surface area contributed by atoms with Gasteiger partial charge in [-0.25, -0.2) is 9.97 Å². The molecule has 2 N–H and O–H groups in total. The highest BCUT2D eigenvalue weighted by Gasteiger charge is 2.12. The van der Waals surface area contributed by atoms with E-state index in [4.69, 9.17) is 0 Å². The van der Waals surface area contributed by atoms with Crippen molar-refractivity contribution in [2.24, 2.45) is 4.99 Å². The standard InChI is InChI=1S/C18H20N6S/c1-13-17(24-10-4-9-21-18(24)23-13)16(19-2)11-20-12-22-14-5-7-15(25-3)8-6-14/h4-11,20,22H,2,12H2,1,3H3/b16-11-. The summed E-state index contributed by atoms with van der Waals surface area (Å²) < 4.78 is 1.91. The number of anilines is 1. The summed E-state index contributed by atoms with van der Waals surface area (Å²) in [5, 5.41) is 6.53. The van der Waals surface area contributed by atoms with Crippen LogP contribution in [0.25, 0.3) is 11.5 Å². The molecule has 0 aliphatic rings. The zero-order chi connectivity index (χ0) is 17.6. The van der Waals surface area contributed by atoms with Crippen molar-refractivity contribution in [2.45, 2.75) is 11.8 Å². The molecule has 0 atom stereocenters. The first-order valence-electron chi connectivity index (χ1n) is 7.81. The molecule has 2 heterocycles. The third kappa shape index (κ3) is 3.83. The lowest BCUT2D eigenvalue weighted by Crippen LogP contribution is -2.16. The molecule has 0 aliphatic carbocycles. The number of thioether (sulfide) groups is 1. The third-order valence-electron chi connectivity index (χ3n) is 3.71. The van der Waals surface area contributed by atoms with E-state index in [-0.39, 0.29) is 0 Å². The number of benzene rings is 1. The number of nitrogens with zero attached hydrogens (tertiary/aromatic N) is 4. The summed E-state index contributed by atoms with van der Waals surface area (Å²) in [7, 11) is 0. The number of fused-ring (bicyclic) bond motifs is 1. The van der Waals surface area contributed by atoms with Crippen LogP contribution < -0.4 is 10.6 Å². The molecule has 0 amide bonds. The lowest BCUT2D eigenvalue weighted by molar-refractivity contribution is 0.927. The molecule has 0 saturated heterocycles. The second-order valence-electron chi connectivity index (χ2n) is 5.31. The van der Waals surface area contributed by atoms with Crippen molar-refractivity contribution in [1.29, 1.82) is 0 Å². The van der Waals surface area contributed by atoms with Crippen molar-refractivity contribution in [2.75, 3.05) is 18.2 Å². The Labute approximate surface area is 151 Å². The summed E-state index contributed by atoms with van der Waals surface area (Å²) in [4.78, 5) is 14.1. The second kappa shape index (κ2) is 7.85. The van der Waals surface area contributed by atoms with Crippen LogP contribution in [0.3, 0.4) is 0 Å². The molecule has 3 aromatic rings. The predicted octanol–water partition coefficient (Wildman–Crippen LogP) is 3.42. The maximum absolute atomic E-state index is 4.45. The van der Waals surface area contributed by atoms with Crippen molar-refractivity contribution >= 4 is 35.6 Å². The molecule has 7 heteroatoms. The highest BCUT2D eigenvalue weighted by atomic mass is 32.2. The molecule has 0 spiro atoms. The monoisotopic (exact) mass is 352 g/mol. The Balaban J connectivity index is 1.70. The Bertz CT molecular complexity index is 898. The minimum Gasteiger partial charge on any atom is -0.372 e. The predicted molar refractivity (Wildman–Crippen MR) is 105 cm³/mol. The fraction of sp³-hybridized carbons (Fsp3) is 0.167. The number of hydrogen-bond donors (Lipinski definition) is 2. The van der Waals surface area contributed by atoms with E-state index in [1.807, 2.05) is 29.8 Å². The normalized spacial score (nSPS) is 11.5. The highest BCUT2D eigenvalue weighted by Crippen LogP contribution is 2.20.